The largest absolute Gasteiger partial charge is 0.468 e. The summed E-state index contributed by atoms with van der Waals surface area (Å²) >= 11 is 0. The highest BCUT2D eigenvalue weighted by Crippen LogP contribution is 2.24. The van der Waals surface area contributed by atoms with E-state index in [2.05, 4.69) is 15.0 Å². The van der Waals surface area contributed by atoms with Gasteiger partial charge >= 0.3 is 5.97 Å². The van der Waals surface area contributed by atoms with Crippen molar-refractivity contribution < 1.29 is 19.5 Å². The van der Waals surface area contributed by atoms with Gasteiger partial charge < -0.3 is 15.3 Å². The number of nitrogens with one attached hydrogen (secondary N) is 1. The highest BCUT2D eigenvalue weighted by Gasteiger charge is 2.15. The summed E-state index contributed by atoms with van der Waals surface area (Å²) in [5.41, 5.74) is 2.02. The molecule has 24 heavy (non-hydrogen) atoms. The quantitative estimate of drug-likeness (QED) is 0.564. The van der Waals surface area contributed by atoms with Gasteiger partial charge in [-0.05, 0) is 18.2 Å². The summed E-state index contributed by atoms with van der Waals surface area (Å²) in [6.07, 6.45) is 0. The smallest absolute Gasteiger partial charge is 0.325 e. The van der Waals surface area contributed by atoms with Gasteiger partial charge in [-0.25, -0.2) is 4.98 Å². The number of imidazole rings is 1. The van der Waals surface area contributed by atoms with E-state index >= 15 is 0 Å². The number of aromatic nitrogens is 2. The molecular weight excluding hydrogens is 310 g/mol. The van der Waals surface area contributed by atoms with Crippen LogP contribution in [0.4, 0.5) is 0 Å². The Labute approximate surface area is 137 Å². The molecule has 1 amide bonds. The maximum Gasteiger partial charge on any atom is 0.325 e. The lowest BCUT2D eigenvalue weighted by atomic mass is 10.2. The SMILES string of the molecule is COC(=O)CNC(=O)c1ccc2nc(-c3ccccc3)n(O)c2c1. The minimum absolute atomic E-state index is 0.221. The molecule has 0 atom stereocenters. The number of benzene rings is 2. The molecule has 3 rings (SSSR count). The molecule has 0 saturated heterocycles. The molecule has 0 bridgehead atoms. The van der Waals surface area contributed by atoms with Gasteiger partial charge in [0.1, 0.15) is 12.1 Å². The second-order valence-corrected chi connectivity index (χ2v) is 5.08. The van der Waals surface area contributed by atoms with Crippen LogP contribution in [0, 0.1) is 0 Å². The molecule has 2 aromatic carbocycles. The average Bonchev–Trinajstić information content (AvgIpc) is 2.96. The van der Waals surface area contributed by atoms with E-state index in [4.69, 9.17) is 0 Å². The maximum atomic E-state index is 12.1. The molecule has 122 valence electrons. The molecule has 0 aliphatic rings. The number of hydrogen-bond donors (Lipinski definition) is 2. The van der Waals surface area contributed by atoms with Gasteiger partial charge in [0, 0.05) is 11.1 Å². The number of fused-ring (bicyclic) bond motifs is 1. The Morgan fingerprint density at radius 1 is 1.21 bits per heavy atom. The molecule has 0 saturated carbocycles. The van der Waals surface area contributed by atoms with Crippen LogP contribution in [0.15, 0.2) is 48.5 Å². The van der Waals surface area contributed by atoms with Crippen LogP contribution in [0.25, 0.3) is 22.4 Å². The van der Waals surface area contributed by atoms with E-state index in [1.807, 2.05) is 30.3 Å². The highest BCUT2D eigenvalue weighted by atomic mass is 16.5. The summed E-state index contributed by atoms with van der Waals surface area (Å²) in [6.45, 7) is -0.221. The number of carbonyl (C=O) groups is 2. The van der Waals surface area contributed by atoms with Crippen molar-refractivity contribution in [3.8, 4) is 11.4 Å². The van der Waals surface area contributed by atoms with Crippen LogP contribution in [0.1, 0.15) is 10.4 Å². The van der Waals surface area contributed by atoms with Gasteiger partial charge in [0.25, 0.3) is 5.91 Å². The predicted octanol–water partition coefficient (Wildman–Crippen LogP) is 1.84. The maximum absolute atomic E-state index is 12.1. The van der Waals surface area contributed by atoms with Crippen molar-refractivity contribution in [2.45, 2.75) is 0 Å². The molecular formula is C17H15N3O4. The first-order valence-electron chi connectivity index (χ1n) is 7.22. The van der Waals surface area contributed by atoms with Crippen LogP contribution in [0.2, 0.25) is 0 Å². The van der Waals surface area contributed by atoms with E-state index in [1.54, 1.807) is 12.1 Å². The van der Waals surface area contributed by atoms with Gasteiger partial charge in [-0.15, -0.1) is 0 Å². The molecule has 0 spiro atoms. The Balaban J connectivity index is 1.93. The Kier molecular flexibility index (Phi) is 4.15. The van der Waals surface area contributed by atoms with Crippen molar-refractivity contribution in [2.24, 2.45) is 0 Å². The van der Waals surface area contributed by atoms with Gasteiger partial charge in [0.15, 0.2) is 5.82 Å². The normalized spacial score (nSPS) is 10.5. The van der Waals surface area contributed by atoms with Crippen LogP contribution in [-0.2, 0) is 9.53 Å². The molecule has 7 heteroatoms. The fourth-order valence-electron chi connectivity index (χ4n) is 2.31. The molecule has 0 unspecified atom stereocenters. The zero-order valence-corrected chi connectivity index (χ0v) is 12.9. The van der Waals surface area contributed by atoms with E-state index in [1.165, 1.54) is 13.2 Å². The number of hydrogen-bond acceptors (Lipinski definition) is 5. The lowest BCUT2D eigenvalue weighted by molar-refractivity contribution is -0.139. The summed E-state index contributed by atoms with van der Waals surface area (Å²) in [6, 6.07) is 14.0. The van der Waals surface area contributed by atoms with Crippen LogP contribution >= 0.6 is 0 Å². The Morgan fingerprint density at radius 2 is 1.96 bits per heavy atom. The van der Waals surface area contributed by atoms with E-state index in [-0.39, 0.29) is 6.54 Å². The molecule has 0 aliphatic heterocycles. The van der Waals surface area contributed by atoms with Crippen molar-refractivity contribution in [3.63, 3.8) is 0 Å². The van der Waals surface area contributed by atoms with Gasteiger partial charge in [-0.2, -0.15) is 4.73 Å². The van der Waals surface area contributed by atoms with E-state index < -0.39 is 11.9 Å². The first-order chi connectivity index (χ1) is 11.6. The predicted molar refractivity (Wildman–Crippen MR) is 86.7 cm³/mol. The third-order valence-electron chi connectivity index (χ3n) is 3.55. The molecule has 0 aliphatic carbocycles. The third-order valence-corrected chi connectivity index (χ3v) is 3.55. The Hall–Kier alpha value is -3.35. The summed E-state index contributed by atoms with van der Waals surface area (Å²) in [4.78, 5) is 27.5. The zero-order chi connectivity index (χ0) is 17.1. The standard InChI is InChI=1S/C17H15N3O4/c1-24-15(21)10-18-17(22)12-7-8-13-14(9-12)20(23)16(19-13)11-5-3-2-4-6-11/h2-9,23H,10H2,1H3,(H,18,22). The van der Waals surface area contributed by atoms with Crippen LogP contribution in [0.5, 0.6) is 0 Å². The van der Waals surface area contributed by atoms with Crippen LogP contribution < -0.4 is 5.32 Å². The number of amides is 1. The van der Waals surface area contributed by atoms with Crippen molar-refractivity contribution in [2.75, 3.05) is 13.7 Å². The summed E-state index contributed by atoms with van der Waals surface area (Å²) in [7, 11) is 1.25. The molecule has 0 fully saturated rings. The van der Waals surface area contributed by atoms with Gasteiger partial charge in [0.2, 0.25) is 0 Å². The average molecular weight is 325 g/mol. The highest BCUT2D eigenvalue weighted by molar-refractivity contribution is 5.99. The monoisotopic (exact) mass is 325 g/mol. The number of carbonyl (C=O) groups excluding carboxylic acids is 2. The van der Waals surface area contributed by atoms with E-state index in [0.717, 1.165) is 10.3 Å². The minimum Gasteiger partial charge on any atom is -0.468 e. The fourth-order valence-corrected chi connectivity index (χ4v) is 2.31. The minimum atomic E-state index is -0.539. The summed E-state index contributed by atoms with van der Waals surface area (Å²) < 4.78 is 5.42. The molecule has 1 heterocycles. The topological polar surface area (TPSA) is 93.5 Å². The first-order valence-corrected chi connectivity index (χ1v) is 7.22. The van der Waals surface area contributed by atoms with Gasteiger partial charge in [-0.3, -0.25) is 9.59 Å². The van der Waals surface area contributed by atoms with Crippen molar-refractivity contribution in [3.05, 3.63) is 54.1 Å². The van der Waals surface area contributed by atoms with E-state index in [0.29, 0.717) is 22.4 Å². The lowest BCUT2D eigenvalue weighted by Crippen LogP contribution is -2.30. The van der Waals surface area contributed by atoms with Crippen LogP contribution in [0.3, 0.4) is 0 Å². The number of nitrogens with zero attached hydrogens (tertiary/aromatic N) is 2. The Bertz CT molecular complexity index is 903. The zero-order valence-electron chi connectivity index (χ0n) is 12.9. The van der Waals surface area contributed by atoms with E-state index in [9.17, 15) is 14.8 Å². The van der Waals surface area contributed by atoms with Crippen molar-refractivity contribution in [1.82, 2.24) is 15.0 Å². The molecule has 0 radical (unpaired) electrons. The Morgan fingerprint density at radius 3 is 2.67 bits per heavy atom. The summed E-state index contributed by atoms with van der Waals surface area (Å²) in [5, 5.41) is 12.8. The van der Waals surface area contributed by atoms with Gasteiger partial charge in [0.05, 0.1) is 12.6 Å². The molecule has 7 nitrogen and oxygen atoms in total. The van der Waals surface area contributed by atoms with Gasteiger partial charge in [-0.1, -0.05) is 30.3 Å². The number of esters is 1. The van der Waals surface area contributed by atoms with Crippen LogP contribution in [-0.4, -0.2) is 40.5 Å². The molecule has 1 aromatic heterocycles. The van der Waals surface area contributed by atoms with Crippen molar-refractivity contribution in [1.29, 1.82) is 0 Å². The molecule has 3 aromatic rings. The lowest BCUT2D eigenvalue weighted by Gasteiger charge is -2.04. The fraction of sp³-hybridized carbons (Fsp3) is 0.118. The van der Waals surface area contributed by atoms with Crippen molar-refractivity contribution >= 4 is 22.9 Å². The number of rotatable bonds is 4. The number of methoxy groups -OCH3 is 1. The second kappa shape index (κ2) is 6.41. The second-order valence-electron chi connectivity index (χ2n) is 5.08. The number of ether oxygens (including phenoxy) is 1. The summed E-state index contributed by atoms with van der Waals surface area (Å²) in [5.74, 6) is -0.592. The first kappa shape index (κ1) is 15.5. The molecule has 2 N–H and O–H groups in total. The third kappa shape index (κ3) is 2.91.